The average molecular weight is 331 g/mol. The number of nitrogens with zero attached hydrogens (tertiary/aromatic N) is 2. The van der Waals surface area contributed by atoms with Gasteiger partial charge in [0.15, 0.2) is 0 Å². The third-order valence-corrected chi connectivity index (χ3v) is 5.53. The highest BCUT2D eigenvalue weighted by Gasteiger charge is 2.21. The minimum absolute atomic E-state index is 0.0862. The van der Waals surface area contributed by atoms with Crippen LogP contribution in [0.3, 0.4) is 0 Å². The van der Waals surface area contributed by atoms with Gasteiger partial charge in [-0.25, -0.2) is 4.98 Å². The Morgan fingerprint density at radius 2 is 1.91 bits per heavy atom. The predicted octanol–water partition coefficient (Wildman–Crippen LogP) is 4.89. The van der Waals surface area contributed by atoms with E-state index in [-0.39, 0.29) is 5.56 Å². The van der Waals surface area contributed by atoms with Crippen LogP contribution in [0.1, 0.15) is 31.7 Å². The van der Waals surface area contributed by atoms with E-state index in [1.165, 1.54) is 24.2 Å². The Hall–Kier alpha value is -1.65. The van der Waals surface area contributed by atoms with E-state index >= 15 is 0 Å². The zero-order valence-electron chi connectivity index (χ0n) is 12.0. The average Bonchev–Trinajstić information content (AvgIpc) is 3.18. The zero-order valence-corrected chi connectivity index (χ0v) is 13.5. The minimum atomic E-state index is 0.0862. The van der Waals surface area contributed by atoms with Gasteiger partial charge in [0, 0.05) is 22.0 Å². The molecule has 1 aliphatic rings. The second-order valence-corrected chi connectivity index (χ2v) is 7.03. The Balaban J connectivity index is 1.91. The molecule has 1 saturated carbocycles. The zero-order chi connectivity index (χ0) is 15.1. The molecular weight excluding hydrogens is 316 g/mol. The summed E-state index contributed by atoms with van der Waals surface area (Å²) in [5.74, 6) is 0. The quantitative estimate of drug-likeness (QED) is 0.670. The molecule has 1 fully saturated rings. The number of aromatic nitrogens is 2. The fraction of sp³-hybridized carbons (Fsp3) is 0.294. The van der Waals surface area contributed by atoms with Crippen LogP contribution in [0.25, 0.3) is 21.3 Å². The molecule has 112 valence electrons. The van der Waals surface area contributed by atoms with Crippen LogP contribution in [-0.2, 0) is 0 Å². The summed E-state index contributed by atoms with van der Waals surface area (Å²) in [5.41, 5.74) is 2.06. The Labute approximate surface area is 137 Å². The van der Waals surface area contributed by atoms with Crippen molar-refractivity contribution in [3.8, 4) is 11.1 Å². The van der Waals surface area contributed by atoms with Crippen LogP contribution >= 0.6 is 22.9 Å². The highest BCUT2D eigenvalue weighted by atomic mass is 35.5. The fourth-order valence-corrected chi connectivity index (χ4v) is 4.26. The van der Waals surface area contributed by atoms with E-state index < -0.39 is 0 Å². The van der Waals surface area contributed by atoms with Gasteiger partial charge in [0.05, 0.1) is 11.7 Å². The maximum absolute atomic E-state index is 12.9. The molecule has 0 spiro atoms. The lowest BCUT2D eigenvalue weighted by molar-refractivity contribution is 0.499. The van der Waals surface area contributed by atoms with Gasteiger partial charge in [-0.3, -0.25) is 9.36 Å². The summed E-state index contributed by atoms with van der Waals surface area (Å²) in [6.07, 6.45) is 6.27. The van der Waals surface area contributed by atoms with Gasteiger partial charge in [-0.05, 0) is 30.5 Å². The molecule has 0 aliphatic heterocycles. The fourth-order valence-electron chi connectivity index (χ4n) is 3.23. The third-order valence-electron chi connectivity index (χ3n) is 4.39. The van der Waals surface area contributed by atoms with Crippen LogP contribution in [0, 0.1) is 0 Å². The molecule has 5 heteroatoms. The van der Waals surface area contributed by atoms with Crippen molar-refractivity contribution >= 4 is 33.2 Å². The lowest BCUT2D eigenvalue weighted by Crippen LogP contribution is -2.23. The van der Waals surface area contributed by atoms with Gasteiger partial charge in [0.2, 0.25) is 0 Å². The Morgan fingerprint density at radius 1 is 1.18 bits per heavy atom. The van der Waals surface area contributed by atoms with Gasteiger partial charge in [0.25, 0.3) is 5.56 Å². The van der Waals surface area contributed by atoms with E-state index in [1.807, 2.05) is 34.2 Å². The summed E-state index contributed by atoms with van der Waals surface area (Å²) in [7, 11) is 0. The van der Waals surface area contributed by atoms with Gasteiger partial charge in [-0.15, -0.1) is 11.3 Å². The summed E-state index contributed by atoms with van der Waals surface area (Å²) in [6.45, 7) is 0. The molecule has 3 nitrogen and oxygen atoms in total. The molecule has 1 aliphatic carbocycles. The van der Waals surface area contributed by atoms with Crippen molar-refractivity contribution in [1.29, 1.82) is 0 Å². The molecule has 3 aromatic rings. The summed E-state index contributed by atoms with van der Waals surface area (Å²) in [5, 5.41) is 3.45. The standard InChI is InChI=1S/C17H15ClN2OS/c18-12-7-5-11(6-8-12)14-9-22-16-15(14)17(21)20(10-19-16)13-3-1-2-4-13/h5-10,13H,1-4H2. The molecule has 1 aromatic carbocycles. The van der Waals surface area contributed by atoms with Gasteiger partial charge in [-0.1, -0.05) is 36.6 Å². The number of benzene rings is 1. The summed E-state index contributed by atoms with van der Waals surface area (Å²) in [4.78, 5) is 18.3. The first-order chi connectivity index (χ1) is 10.7. The minimum Gasteiger partial charge on any atom is -0.296 e. The number of fused-ring (bicyclic) bond motifs is 1. The lowest BCUT2D eigenvalue weighted by atomic mass is 10.1. The largest absolute Gasteiger partial charge is 0.296 e. The Kier molecular flexibility index (Phi) is 3.51. The second-order valence-electron chi connectivity index (χ2n) is 5.73. The van der Waals surface area contributed by atoms with Crippen molar-refractivity contribution < 1.29 is 0 Å². The third kappa shape index (κ3) is 2.27. The van der Waals surface area contributed by atoms with E-state index in [9.17, 15) is 4.79 Å². The lowest BCUT2D eigenvalue weighted by Gasteiger charge is -2.12. The normalized spacial score (nSPS) is 15.7. The van der Waals surface area contributed by atoms with Crippen LogP contribution in [-0.4, -0.2) is 9.55 Å². The molecule has 0 amide bonds. The highest BCUT2D eigenvalue weighted by molar-refractivity contribution is 7.17. The number of hydrogen-bond acceptors (Lipinski definition) is 3. The highest BCUT2D eigenvalue weighted by Crippen LogP contribution is 2.33. The van der Waals surface area contributed by atoms with Crippen molar-refractivity contribution in [2.75, 3.05) is 0 Å². The molecular formula is C17H15ClN2OS. The van der Waals surface area contributed by atoms with Crippen molar-refractivity contribution in [2.45, 2.75) is 31.7 Å². The van der Waals surface area contributed by atoms with Crippen LogP contribution in [0.5, 0.6) is 0 Å². The molecule has 0 atom stereocenters. The summed E-state index contributed by atoms with van der Waals surface area (Å²) < 4.78 is 1.83. The number of rotatable bonds is 2. The first kappa shape index (κ1) is 14.0. The molecule has 0 radical (unpaired) electrons. The molecule has 22 heavy (non-hydrogen) atoms. The van der Waals surface area contributed by atoms with Gasteiger partial charge in [-0.2, -0.15) is 0 Å². The molecule has 0 N–H and O–H groups in total. The van der Waals surface area contributed by atoms with Crippen molar-refractivity contribution in [3.63, 3.8) is 0 Å². The molecule has 2 heterocycles. The van der Waals surface area contributed by atoms with Crippen LogP contribution in [0.4, 0.5) is 0 Å². The van der Waals surface area contributed by atoms with Crippen molar-refractivity contribution in [1.82, 2.24) is 9.55 Å². The first-order valence-corrected chi connectivity index (χ1v) is 8.74. The first-order valence-electron chi connectivity index (χ1n) is 7.48. The molecule has 0 bridgehead atoms. The van der Waals surface area contributed by atoms with Crippen LogP contribution < -0.4 is 5.56 Å². The monoisotopic (exact) mass is 330 g/mol. The number of hydrogen-bond donors (Lipinski definition) is 0. The summed E-state index contributed by atoms with van der Waals surface area (Å²) >= 11 is 7.48. The smallest absolute Gasteiger partial charge is 0.262 e. The maximum atomic E-state index is 12.9. The second kappa shape index (κ2) is 5.52. The SMILES string of the molecule is O=c1c2c(-c3ccc(Cl)cc3)csc2ncn1C1CCCC1. The van der Waals surface area contributed by atoms with Gasteiger partial charge >= 0.3 is 0 Å². The van der Waals surface area contributed by atoms with Crippen LogP contribution in [0.15, 0.2) is 40.8 Å². The molecule has 0 saturated heterocycles. The maximum Gasteiger partial charge on any atom is 0.262 e. The molecule has 0 unspecified atom stereocenters. The van der Waals surface area contributed by atoms with E-state index in [2.05, 4.69) is 4.98 Å². The Bertz CT molecular complexity index is 876. The van der Waals surface area contributed by atoms with Crippen molar-refractivity contribution in [3.05, 3.63) is 51.3 Å². The van der Waals surface area contributed by atoms with Crippen LogP contribution in [0.2, 0.25) is 5.02 Å². The Morgan fingerprint density at radius 3 is 2.64 bits per heavy atom. The number of thiophene rings is 1. The topological polar surface area (TPSA) is 34.9 Å². The molecule has 4 rings (SSSR count). The van der Waals surface area contributed by atoms with E-state index in [4.69, 9.17) is 11.6 Å². The van der Waals surface area contributed by atoms with Crippen molar-refractivity contribution in [2.24, 2.45) is 0 Å². The number of halogens is 1. The molecule has 2 aromatic heterocycles. The van der Waals surface area contributed by atoms with E-state index in [0.29, 0.717) is 11.1 Å². The van der Waals surface area contributed by atoms with Gasteiger partial charge in [0.1, 0.15) is 4.83 Å². The van der Waals surface area contributed by atoms with E-state index in [0.717, 1.165) is 34.2 Å². The summed E-state index contributed by atoms with van der Waals surface area (Å²) in [6, 6.07) is 7.92. The van der Waals surface area contributed by atoms with Gasteiger partial charge < -0.3 is 0 Å². The van der Waals surface area contributed by atoms with E-state index in [1.54, 1.807) is 6.33 Å². The predicted molar refractivity (Wildman–Crippen MR) is 91.8 cm³/mol.